The van der Waals surface area contributed by atoms with Crippen molar-refractivity contribution in [2.45, 2.75) is 23.0 Å². The van der Waals surface area contributed by atoms with Crippen molar-refractivity contribution in [3.63, 3.8) is 0 Å². The lowest BCUT2D eigenvalue weighted by atomic mass is 9.82. The van der Waals surface area contributed by atoms with Gasteiger partial charge >= 0.3 is 5.97 Å². The van der Waals surface area contributed by atoms with Gasteiger partial charge in [-0.2, -0.15) is 0 Å². The fourth-order valence-corrected chi connectivity index (χ4v) is 5.37. The van der Waals surface area contributed by atoms with Crippen LogP contribution < -0.4 is 10.6 Å². The molecule has 3 atom stereocenters. The molecule has 37 heavy (non-hydrogen) atoms. The fraction of sp³-hybridized carbons (Fsp3) is 0.179. The van der Waals surface area contributed by atoms with Crippen LogP contribution in [0.15, 0.2) is 89.8 Å². The lowest BCUT2D eigenvalue weighted by molar-refractivity contribution is -0.146. The van der Waals surface area contributed by atoms with E-state index in [0.717, 1.165) is 10.5 Å². The van der Waals surface area contributed by atoms with Gasteiger partial charge in [0.15, 0.2) is 0 Å². The molecule has 0 aromatic heterocycles. The third-order valence-corrected chi connectivity index (χ3v) is 8.00. The molecule has 0 saturated carbocycles. The van der Waals surface area contributed by atoms with Crippen molar-refractivity contribution in [3.8, 4) is 0 Å². The summed E-state index contributed by atoms with van der Waals surface area (Å²) in [7, 11) is 0. The Hall–Kier alpha value is -3.26. The highest BCUT2D eigenvalue weighted by Gasteiger charge is 2.34. The first-order valence-electron chi connectivity index (χ1n) is 11.6. The Balaban J connectivity index is 1.47. The zero-order valence-corrected chi connectivity index (χ0v) is 21.9. The monoisotopic (exact) mass is 554 g/mol. The number of carboxylic acid groups (broad SMARTS) is 1. The topological polar surface area (TPSA) is 95.5 Å². The molecule has 0 spiro atoms. The molecule has 0 aliphatic heterocycles. The van der Waals surface area contributed by atoms with Crippen molar-refractivity contribution < 1.29 is 19.5 Å². The van der Waals surface area contributed by atoms with Crippen LogP contribution in [0.4, 0.5) is 11.4 Å². The second-order valence-electron chi connectivity index (χ2n) is 8.53. The van der Waals surface area contributed by atoms with Crippen molar-refractivity contribution in [1.29, 1.82) is 0 Å². The number of carbonyl (C=O) groups excluding carboxylic acids is 2. The second-order valence-corrected chi connectivity index (χ2v) is 10.5. The Kier molecular flexibility index (Phi) is 8.92. The molecule has 0 saturated heterocycles. The van der Waals surface area contributed by atoms with E-state index in [4.69, 9.17) is 23.2 Å². The third-order valence-electron chi connectivity index (χ3n) is 5.99. The van der Waals surface area contributed by atoms with Crippen LogP contribution in [-0.4, -0.2) is 22.9 Å². The Morgan fingerprint density at radius 2 is 1.46 bits per heavy atom. The third kappa shape index (κ3) is 6.95. The normalized spacial score (nSPS) is 17.6. The number of amides is 2. The first-order chi connectivity index (χ1) is 17.8. The standard InChI is InChI=1S/C28H24Cl2N2O4S/c29-23-15-12-19(16-24(23)30)32-27(34)25(17-6-2-1-3-7-17)37-20-13-10-18(11-14-20)31-26(33)21-8-4-5-9-22(21)28(35)36/h1-7,10-16,21-22,25H,8-9H2,(H,31,33)(H,32,34)(H,35,36). The van der Waals surface area contributed by atoms with E-state index in [1.54, 1.807) is 36.4 Å². The smallest absolute Gasteiger partial charge is 0.307 e. The number of thioether (sulfide) groups is 1. The van der Waals surface area contributed by atoms with E-state index >= 15 is 0 Å². The van der Waals surface area contributed by atoms with Crippen LogP contribution in [0.5, 0.6) is 0 Å². The predicted octanol–water partition coefficient (Wildman–Crippen LogP) is 7.07. The van der Waals surface area contributed by atoms with Gasteiger partial charge < -0.3 is 15.7 Å². The lowest BCUT2D eigenvalue weighted by Gasteiger charge is -2.24. The molecule has 0 bridgehead atoms. The Morgan fingerprint density at radius 3 is 2.11 bits per heavy atom. The molecule has 9 heteroatoms. The number of hydrogen-bond acceptors (Lipinski definition) is 4. The number of allylic oxidation sites excluding steroid dienone is 2. The molecule has 3 unspecified atom stereocenters. The van der Waals surface area contributed by atoms with Gasteiger partial charge in [-0.25, -0.2) is 0 Å². The molecule has 190 valence electrons. The van der Waals surface area contributed by atoms with Crippen LogP contribution in [0.3, 0.4) is 0 Å². The van der Waals surface area contributed by atoms with E-state index in [0.29, 0.717) is 34.3 Å². The molecule has 3 aromatic carbocycles. The van der Waals surface area contributed by atoms with Crippen molar-refractivity contribution in [2.24, 2.45) is 11.8 Å². The van der Waals surface area contributed by atoms with Gasteiger partial charge in [0.2, 0.25) is 11.8 Å². The highest BCUT2D eigenvalue weighted by molar-refractivity contribution is 8.00. The van der Waals surface area contributed by atoms with Crippen LogP contribution >= 0.6 is 35.0 Å². The number of carbonyl (C=O) groups is 3. The van der Waals surface area contributed by atoms with Gasteiger partial charge in [0.05, 0.1) is 21.9 Å². The maximum Gasteiger partial charge on any atom is 0.307 e. The summed E-state index contributed by atoms with van der Waals surface area (Å²) in [5, 5.41) is 15.4. The molecule has 2 amide bonds. The lowest BCUT2D eigenvalue weighted by Crippen LogP contribution is -2.34. The van der Waals surface area contributed by atoms with Gasteiger partial charge in [-0.3, -0.25) is 14.4 Å². The van der Waals surface area contributed by atoms with E-state index < -0.39 is 23.1 Å². The minimum Gasteiger partial charge on any atom is -0.481 e. The van der Waals surface area contributed by atoms with E-state index in [9.17, 15) is 19.5 Å². The fourth-order valence-electron chi connectivity index (χ4n) is 4.05. The second kappa shape index (κ2) is 12.3. The Bertz CT molecular complexity index is 1320. The SMILES string of the molecule is O=C(Nc1ccc(Cl)c(Cl)c1)C(Sc1ccc(NC(=O)C2CC=CCC2C(=O)O)cc1)c1ccccc1. The van der Waals surface area contributed by atoms with E-state index in [1.807, 2.05) is 48.5 Å². The molecule has 0 radical (unpaired) electrons. The van der Waals surface area contributed by atoms with E-state index in [-0.39, 0.29) is 11.8 Å². The molecule has 1 aliphatic carbocycles. The van der Waals surface area contributed by atoms with Crippen molar-refractivity contribution in [1.82, 2.24) is 0 Å². The quantitative estimate of drug-likeness (QED) is 0.204. The summed E-state index contributed by atoms with van der Waals surface area (Å²) in [5.74, 6) is -2.87. The first-order valence-corrected chi connectivity index (χ1v) is 13.2. The van der Waals surface area contributed by atoms with Crippen LogP contribution in [0, 0.1) is 11.8 Å². The number of anilines is 2. The molecule has 6 nitrogen and oxygen atoms in total. The Morgan fingerprint density at radius 1 is 0.811 bits per heavy atom. The summed E-state index contributed by atoms with van der Waals surface area (Å²) < 4.78 is 0. The number of benzene rings is 3. The van der Waals surface area contributed by atoms with Crippen LogP contribution in [0.1, 0.15) is 23.7 Å². The zero-order chi connectivity index (χ0) is 26.4. The van der Waals surface area contributed by atoms with E-state index in [2.05, 4.69) is 10.6 Å². The van der Waals surface area contributed by atoms with Gasteiger partial charge in [-0.15, -0.1) is 11.8 Å². The number of nitrogens with one attached hydrogen (secondary N) is 2. The van der Waals surface area contributed by atoms with Crippen molar-refractivity contribution in [2.75, 3.05) is 10.6 Å². The molecule has 3 aromatic rings. The van der Waals surface area contributed by atoms with Gasteiger partial charge in [-0.05, 0) is 60.9 Å². The predicted molar refractivity (Wildman–Crippen MR) is 148 cm³/mol. The largest absolute Gasteiger partial charge is 0.481 e. The summed E-state index contributed by atoms with van der Waals surface area (Å²) in [6.07, 6.45) is 4.38. The minimum atomic E-state index is -0.970. The molecular formula is C28H24Cl2N2O4S. The number of aliphatic carboxylic acids is 1. The maximum atomic E-state index is 13.3. The average molecular weight is 555 g/mol. The van der Waals surface area contributed by atoms with Gasteiger partial charge in [0.1, 0.15) is 5.25 Å². The number of hydrogen-bond donors (Lipinski definition) is 3. The zero-order valence-electron chi connectivity index (χ0n) is 19.6. The van der Waals surface area contributed by atoms with Crippen molar-refractivity contribution >= 4 is 64.1 Å². The van der Waals surface area contributed by atoms with Gasteiger partial charge in [0, 0.05) is 16.3 Å². The minimum absolute atomic E-state index is 0.225. The van der Waals surface area contributed by atoms with Gasteiger partial charge in [0.25, 0.3) is 0 Å². The molecule has 4 rings (SSSR count). The molecular weight excluding hydrogens is 531 g/mol. The highest BCUT2D eigenvalue weighted by atomic mass is 35.5. The highest BCUT2D eigenvalue weighted by Crippen LogP contribution is 2.37. The van der Waals surface area contributed by atoms with Crippen LogP contribution in [0.2, 0.25) is 10.0 Å². The molecule has 0 fully saturated rings. The molecule has 1 aliphatic rings. The van der Waals surface area contributed by atoms with Crippen molar-refractivity contribution in [3.05, 3.63) is 101 Å². The molecule has 3 N–H and O–H groups in total. The van der Waals surface area contributed by atoms with Crippen LogP contribution in [-0.2, 0) is 14.4 Å². The first kappa shape index (κ1) is 26.8. The average Bonchev–Trinajstić information content (AvgIpc) is 2.90. The Labute approximate surface area is 229 Å². The van der Waals surface area contributed by atoms with Crippen LogP contribution in [0.25, 0.3) is 0 Å². The van der Waals surface area contributed by atoms with Gasteiger partial charge in [-0.1, -0.05) is 65.7 Å². The summed E-state index contributed by atoms with van der Waals surface area (Å²) in [6, 6.07) is 21.4. The number of rotatable bonds is 8. The summed E-state index contributed by atoms with van der Waals surface area (Å²) in [5.41, 5.74) is 1.92. The summed E-state index contributed by atoms with van der Waals surface area (Å²) in [4.78, 5) is 38.4. The summed E-state index contributed by atoms with van der Waals surface area (Å²) in [6.45, 7) is 0. The maximum absolute atomic E-state index is 13.3. The van der Waals surface area contributed by atoms with E-state index in [1.165, 1.54) is 11.8 Å². The number of halogens is 2. The summed E-state index contributed by atoms with van der Waals surface area (Å²) >= 11 is 13.5. The number of carboxylic acids is 1. The molecule has 0 heterocycles.